The molecule has 0 aliphatic carbocycles. The highest BCUT2D eigenvalue weighted by molar-refractivity contribution is 6.15. The number of aromatic nitrogens is 3. The van der Waals surface area contributed by atoms with Crippen molar-refractivity contribution in [3.63, 3.8) is 0 Å². The van der Waals surface area contributed by atoms with Crippen LogP contribution in [0, 0.1) is 0 Å². The van der Waals surface area contributed by atoms with Crippen LogP contribution in [0.25, 0.3) is 116 Å². The Balaban J connectivity index is 1.16. The summed E-state index contributed by atoms with van der Waals surface area (Å²) in [5, 5.41) is 10.3. The lowest BCUT2D eigenvalue weighted by atomic mass is 9.99. The molecule has 0 amide bonds. The van der Waals surface area contributed by atoms with Crippen LogP contribution in [-0.2, 0) is 0 Å². The van der Waals surface area contributed by atoms with Crippen molar-refractivity contribution < 1.29 is 4.42 Å². The van der Waals surface area contributed by atoms with E-state index in [9.17, 15) is 0 Å². The van der Waals surface area contributed by atoms with Gasteiger partial charge in [-0.1, -0.05) is 133 Å². The standard InChI is InChI=1S/C52H31N3O/c1-2-11-32(12-3-1)38-23-25-46-45(30-38)50(42-19-10-18-41-40-17-8-9-20-49(40)56-51(41)42)54-52(53-46)55-47-26-24-39(37-22-21-33-13-4-5-14-34(33)27-37)29-43(47)44-28-35-15-6-7-16-36(35)31-48(44)55/h1-31H. The molecule has 0 saturated carbocycles. The largest absolute Gasteiger partial charge is 0.455 e. The van der Waals surface area contributed by atoms with Crippen LogP contribution >= 0.6 is 0 Å². The average molecular weight is 714 g/mol. The number of rotatable bonds is 4. The Morgan fingerprint density at radius 2 is 1.02 bits per heavy atom. The van der Waals surface area contributed by atoms with E-state index in [1.54, 1.807) is 0 Å². The Bertz CT molecular complexity index is 3540. The van der Waals surface area contributed by atoms with E-state index in [0.29, 0.717) is 5.95 Å². The number of hydrogen-bond acceptors (Lipinski definition) is 3. The first-order chi connectivity index (χ1) is 27.7. The van der Waals surface area contributed by atoms with Crippen LogP contribution in [0.4, 0.5) is 0 Å². The molecule has 0 aliphatic rings. The maximum absolute atomic E-state index is 6.64. The van der Waals surface area contributed by atoms with E-state index >= 15 is 0 Å². The predicted molar refractivity (Wildman–Crippen MR) is 232 cm³/mol. The van der Waals surface area contributed by atoms with Gasteiger partial charge in [-0.3, -0.25) is 4.57 Å². The Hall–Kier alpha value is -7.56. The molecule has 12 aromatic rings. The molecule has 4 nitrogen and oxygen atoms in total. The van der Waals surface area contributed by atoms with Crippen molar-refractivity contribution in [3.05, 3.63) is 188 Å². The molecular weight excluding hydrogens is 683 g/mol. The Kier molecular flexibility index (Phi) is 6.60. The molecule has 0 atom stereocenters. The fourth-order valence-electron chi connectivity index (χ4n) is 8.63. The van der Waals surface area contributed by atoms with Gasteiger partial charge in [-0.2, -0.15) is 0 Å². The first-order valence-electron chi connectivity index (χ1n) is 19.0. The highest BCUT2D eigenvalue weighted by Gasteiger charge is 2.21. The molecule has 4 heteroatoms. The smallest absolute Gasteiger partial charge is 0.235 e. The highest BCUT2D eigenvalue weighted by atomic mass is 16.3. The van der Waals surface area contributed by atoms with Crippen molar-refractivity contribution in [2.45, 2.75) is 0 Å². The second-order valence-electron chi connectivity index (χ2n) is 14.6. The number of nitrogens with zero attached hydrogens (tertiary/aromatic N) is 3. The summed E-state index contributed by atoms with van der Waals surface area (Å²) in [6.07, 6.45) is 0. The van der Waals surface area contributed by atoms with Crippen molar-refractivity contribution in [2.75, 3.05) is 0 Å². The molecule has 3 heterocycles. The predicted octanol–water partition coefficient (Wildman–Crippen LogP) is 13.9. The van der Waals surface area contributed by atoms with E-state index in [-0.39, 0.29) is 0 Å². The summed E-state index contributed by atoms with van der Waals surface area (Å²) in [5.74, 6) is 0.613. The van der Waals surface area contributed by atoms with E-state index in [1.807, 2.05) is 18.2 Å². The first kappa shape index (κ1) is 30.9. The monoisotopic (exact) mass is 713 g/mol. The molecule has 260 valence electrons. The van der Waals surface area contributed by atoms with Crippen LogP contribution in [-0.4, -0.2) is 14.5 Å². The van der Waals surface area contributed by atoms with E-state index in [0.717, 1.165) is 77.0 Å². The molecule has 0 unspecified atom stereocenters. The molecule has 0 saturated heterocycles. The lowest BCUT2D eigenvalue weighted by Gasteiger charge is -2.13. The fourth-order valence-corrected chi connectivity index (χ4v) is 8.63. The van der Waals surface area contributed by atoms with E-state index in [1.165, 1.54) is 32.7 Å². The zero-order chi connectivity index (χ0) is 36.7. The summed E-state index contributed by atoms with van der Waals surface area (Å²) >= 11 is 0. The molecule has 0 N–H and O–H groups in total. The van der Waals surface area contributed by atoms with Crippen molar-refractivity contribution in [1.82, 2.24) is 14.5 Å². The first-order valence-corrected chi connectivity index (χ1v) is 19.0. The van der Waals surface area contributed by atoms with Crippen LogP contribution in [0.3, 0.4) is 0 Å². The van der Waals surface area contributed by atoms with Gasteiger partial charge in [-0.05, 0) is 98.4 Å². The Morgan fingerprint density at radius 3 is 1.89 bits per heavy atom. The van der Waals surface area contributed by atoms with E-state index in [2.05, 4.69) is 174 Å². The van der Waals surface area contributed by atoms with E-state index in [4.69, 9.17) is 14.4 Å². The van der Waals surface area contributed by atoms with Gasteiger partial charge in [0.05, 0.1) is 22.2 Å². The fraction of sp³-hybridized carbons (Fsp3) is 0. The van der Waals surface area contributed by atoms with Gasteiger partial charge in [0.15, 0.2) is 0 Å². The molecule has 56 heavy (non-hydrogen) atoms. The van der Waals surface area contributed by atoms with Crippen LogP contribution in [0.2, 0.25) is 0 Å². The van der Waals surface area contributed by atoms with Crippen LogP contribution in [0.15, 0.2) is 192 Å². The van der Waals surface area contributed by atoms with Crippen LogP contribution < -0.4 is 0 Å². The minimum absolute atomic E-state index is 0.613. The van der Waals surface area contributed by atoms with E-state index < -0.39 is 0 Å². The normalized spacial score (nSPS) is 11.9. The minimum atomic E-state index is 0.613. The zero-order valence-corrected chi connectivity index (χ0v) is 30.1. The van der Waals surface area contributed by atoms with Gasteiger partial charge in [0.2, 0.25) is 5.95 Å². The molecule has 3 aromatic heterocycles. The third-order valence-electron chi connectivity index (χ3n) is 11.4. The van der Waals surface area contributed by atoms with Crippen molar-refractivity contribution >= 4 is 76.2 Å². The molecule has 0 aliphatic heterocycles. The van der Waals surface area contributed by atoms with Crippen LogP contribution in [0.1, 0.15) is 0 Å². The lowest BCUT2D eigenvalue weighted by Crippen LogP contribution is -2.04. The molecule has 0 spiro atoms. The van der Waals surface area contributed by atoms with Gasteiger partial charge in [0, 0.05) is 32.5 Å². The molecule has 0 radical (unpaired) electrons. The van der Waals surface area contributed by atoms with Gasteiger partial charge in [0.25, 0.3) is 0 Å². The third-order valence-corrected chi connectivity index (χ3v) is 11.4. The van der Waals surface area contributed by atoms with Crippen molar-refractivity contribution in [2.24, 2.45) is 0 Å². The average Bonchev–Trinajstić information content (AvgIpc) is 3.80. The topological polar surface area (TPSA) is 43.9 Å². The van der Waals surface area contributed by atoms with Gasteiger partial charge in [-0.15, -0.1) is 0 Å². The van der Waals surface area contributed by atoms with Gasteiger partial charge in [-0.25, -0.2) is 9.97 Å². The molecule has 9 aromatic carbocycles. The number of furan rings is 1. The molecule has 0 bridgehead atoms. The molecule has 0 fully saturated rings. The van der Waals surface area contributed by atoms with Gasteiger partial charge >= 0.3 is 0 Å². The summed E-state index contributed by atoms with van der Waals surface area (Å²) in [6.45, 7) is 0. The summed E-state index contributed by atoms with van der Waals surface area (Å²) in [5.41, 5.74) is 11.0. The summed E-state index contributed by atoms with van der Waals surface area (Å²) in [6, 6.07) is 66.8. The molecular formula is C52H31N3O. The van der Waals surface area contributed by atoms with Gasteiger partial charge in [0.1, 0.15) is 11.2 Å². The minimum Gasteiger partial charge on any atom is -0.455 e. The number of para-hydroxylation sites is 2. The number of fused-ring (bicyclic) bond motifs is 9. The second kappa shape index (κ2) is 12.0. The SMILES string of the molecule is c1ccc(-c2ccc3nc(-n4c5ccc(-c6ccc7ccccc7c6)cc5c5cc6ccccc6cc54)nc(-c4cccc5c4oc4ccccc45)c3c2)cc1. The number of benzene rings is 9. The Morgan fingerprint density at radius 1 is 0.375 bits per heavy atom. The van der Waals surface area contributed by atoms with Crippen molar-refractivity contribution in [1.29, 1.82) is 0 Å². The number of hydrogen-bond donors (Lipinski definition) is 0. The molecule has 12 rings (SSSR count). The zero-order valence-electron chi connectivity index (χ0n) is 30.1. The van der Waals surface area contributed by atoms with Crippen molar-refractivity contribution in [3.8, 4) is 39.5 Å². The van der Waals surface area contributed by atoms with Crippen LogP contribution in [0.5, 0.6) is 0 Å². The lowest BCUT2D eigenvalue weighted by molar-refractivity contribution is 0.670. The quantitative estimate of drug-likeness (QED) is 0.182. The Labute approximate surface area is 321 Å². The third kappa shape index (κ3) is 4.73. The summed E-state index contributed by atoms with van der Waals surface area (Å²) in [7, 11) is 0. The highest BCUT2D eigenvalue weighted by Crippen LogP contribution is 2.41. The maximum Gasteiger partial charge on any atom is 0.235 e. The summed E-state index contributed by atoms with van der Waals surface area (Å²) < 4.78 is 8.88. The van der Waals surface area contributed by atoms with Gasteiger partial charge < -0.3 is 4.42 Å². The maximum atomic E-state index is 6.64. The second-order valence-corrected chi connectivity index (χ2v) is 14.6. The summed E-state index contributed by atoms with van der Waals surface area (Å²) in [4.78, 5) is 10.9.